The standard InChI is InChI=1S/C10H10O4/c1-3-4-10-7(11)5-6(13-2)8(12)9(10)14-10/h3-5,9H,1-2H3/b4-3+/t9-,10+/m0/s1. The minimum absolute atomic E-state index is 0.0811. The van der Waals surface area contributed by atoms with Crippen LogP contribution in [0, 0.1) is 0 Å². The van der Waals surface area contributed by atoms with Gasteiger partial charge in [0.25, 0.3) is 0 Å². The van der Waals surface area contributed by atoms with Crippen LogP contribution >= 0.6 is 0 Å². The minimum Gasteiger partial charge on any atom is -0.493 e. The SMILES string of the molecule is C/C=C/[C@]12O[C@H]1C(=O)C(OC)=CC2=O. The van der Waals surface area contributed by atoms with E-state index in [2.05, 4.69) is 0 Å². The second-order valence-corrected chi connectivity index (χ2v) is 3.23. The first-order valence-electron chi connectivity index (χ1n) is 4.31. The lowest BCUT2D eigenvalue weighted by Crippen LogP contribution is -2.33. The highest BCUT2D eigenvalue weighted by molar-refractivity contribution is 6.18. The average molecular weight is 194 g/mol. The lowest BCUT2D eigenvalue weighted by atomic mass is 9.90. The highest BCUT2D eigenvalue weighted by atomic mass is 16.6. The molecule has 0 radical (unpaired) electrons. The van der Waals surface area contributed by atoms with Gasteiger partial charge in [0.15, 0.2) is 23.2 Å². The van der Waals surface area contributed by atoms with Crippen LogP contribution in [-0.4, -0.2) is 30.4 Å². The van der Waals surface area contributed by atoms with Crippen molar-refractivity contribution >= 4 is 11.6 Å². The first-order chi connectivity index (χ1) is 6.65. The van der Waals surface area contributed by atoms with Gasteiger partial charge in [-0.3, -0.25) is 9.59 Å². The highest BCUT2D eigenvalue weighted by Crippen LogP contribution is 2.44. The molecule has 2 atom stereocenters. The monoisotopic (exact) mass is 194 g/mol. The van der Waals surface area contributed by atoms with Gasteiger partial charge in [-0.2, -0.15) is 0 Å². The minimum atomic E-state index is -1.02. The van der Waals surface area contributed by atoms with Crippen molar-refractivity contribution in [2.45, 2.75) is 18.6 Å². The maximum Gasteiger partial charge on any atom is 0.230 e. The van der Waals surface area contributed by atoms with Gasteiger partial charge in [0, 0.05) is 6.08 Å². The molecule has 2 rings (SSSR count). The van der Waals surface area contributed by atoms with Crippen molar-refractivity contribution in [2.75, 3.05) is 7.11 Å². The zero-order chi connectivity index (χ0) is 10.3. The smallest absolute Gasteiger partial charge is 0.230 e. The predicted octanol–water partition coefficient (Wildman–Crippen LogP) is 0.382. The Kier molecular flexibility index (Phi) is 1.82. The Labute approximate surface area is 81.2 Å². The molecule has 2 aliphatic rings. The van der Waals surface area contributed by atoms with Gasteiger partial charge in [0.2, 0.25) is 5.78 Å². The highest BCUT2D eigenvalue weighted by Gasteiger charge is 2.66. The molecule has 0 amide bonds. The first-order valence-corrected chi connectivity index (χ1v) is 4.31. The number of hydrogen-bond acceptors (Lipinski definition) is 4. The molecule has 0 unspecified atom stereocenters. The summed E-state index contributed by atoms with van der Waals surface area (Å²) in [5, 5.41) is 0. The topological polar surface area (TPSA) is 55.9 Å². The molecule has 1 heterocycles. The van der Waals surface area contributed by atoms with Crippen molar-refractivity contribution in [1.29, 1.82) is 0 Å². The molecule has 4 heteroatoms. The number of hydrogen-bond donors (Lipinski definition) is 0. The molecule has 0 bridgehead atoms. The molecule has 0 aromatic carbocycles. The Hall–Kier alpha value is -1.42. The maximum atomic E-state index is 11.6. The molecule has 0 aromatic heterocycles. The fourth-order valence-electron chi connectivity index (χ4n) is 1.64. The molecule has 1 fully saturated rings. The molecule has 74 valence electrons. The number of carbonyl (C=O) groups is 2. The summed E-state index contributed by atoms with van der Waals surface area (Å²) >= 11 is 0. The second-order valence-electron chi connectivity index (χ2n) is 3.23. The summed E-state index contributed by atoms with van der Waals surface area (Å²) in [6.45, 7) is 1.78. The van der Waals surface area contributed by atoms with Crippen molar-refractivity contribution in [3.8, 4) is 0 Å². The maximum absolute atomic E-state index is 11.6. The average Bonchev–Trinajstić information content (AvgIpc) is 2.89. The van der Waals surface area contributed by atoms with Crippen LogP contribution in [0.5, 0.6) is 0 Å². The summed E-state index contributed by atoms with van der Waals surface area (Å²) in [6.07, 6.45) is 3.84. The zero-order valence-corrected chi connectivity index (χ0v) is 7.94. The summed E-state index contributed by atoms with van der Waals surface area (Å²) in [6, 6.07) is 0. The Morgan fingerprint density at radius 2 is 2.29 bits per heavy atom. The summed E-state index contributed by atoms with van der Waals surface area (Å²) in [5.74, 6) is -0.403. The molecule has 0 spiro atoms. The number of methoxy groups -OCH3 is 1. The van der Waals surface area contributed by atoms with Gasteiger partial charge in [-0.25, -0.2) is 0 Å². The van der Waals surface area contributed by atoms with Crippen molar-refractivity contribution in [2.24, 2.45) is 0 Å². The van der Waals surface area contributed by atoms with Crippen LogP contribution in [0.15, 0.2) is 24.0 Å². The van der Waals surface area contributed by atoms with E-state index in [1.54, 1.807) is 19.1 Å². The lowest BCUT2D eigenvalue weighted by molar-refractivity contribution is -0.123. The molecule has 0 aromatic rings. The molecule has 1 aliphatic carbocycles. The van der Waals surface area contributed by atoms with E-state index in [0.717, 1.165) is 0 Å². The van der Waals surface area contributed by atoms with Gasteiger partial charge in [-0.15, -0.1) is 0 Å². The Morgan fingerprint density at radius 3 is 2.86 bits per heavy atom. The normalized spacial score (nSPS) is 35.6. The molecule has 14 heavy (non-hydrogen) atoms. The Bertz CT molecular complexity index is 366. The fraction of sp³-hybridized carbons (Fsp3) is 0.400. The molecule has 1 saturated heterocycles. The van der Waals surface area contributed by atoms with Crippen LogP contribution < -0.4 is 0 Å². The van der Waals surface area contributed by atoms with Gasteiger partial charge >= 0.3 is 0 Å². The van der Waals surface area contributed by atoms with Crippen LogP contribution in [0.25, 0.3) is 0 Å². The van der Waals surface area contributed by atoms with E-state index in [0.29, 0.717) is 0 Å². The van der Waals surface area contributed by atoms with Gasteiger partial charge in [0.05, 0.1) is 7.11 Å². The van der Waals surface area contributed by atoms with Crippen molar-refractivity contribution in [3.63, 3.8) is 0 Å². The number of Topliss-reactive ketones (excluding diaryl/α,β-unsaturated/α-hetero) is 1. The van der Waals surface area contributed by atoms with Crippen LogP contribution in [0.3, 0.4) is 0 Å². The fourth-order valence-corrected chi connectivity index (χ4v) is 1.64. The van der Waals surface area contributed by atoms with Gasteiger partial charge < -0.3 is 9.47 Å². The van der Waals surface area contributed by atoms with E-state index in [-0.39, 0.29) is 17.3 Å². The quantitative estimate of drug-likeness (QED) is 0.471. The van der Waals surface area contributed by atoms with E-state index in [4.69, 9.17) is 9.47 Å². The summed E-state index contributed by atoms with van der Waals surface area (Å²) < 4.78 is 9.93. The number of carbonyl (C=O) groups excluding carboxylic acids is 2. The number of fused-ring (bicyclic) bond motifs is 1. The largest absolute Gasteiger partial charge is 0.493 e. The van der Waals surface area contributed by atoms with E-state index >= 15 is 0 Å². The third kappa shape index (κ3) is 0.974. The van der Waals surface area contributed by atoms with Crippen molar-refractivity contribution < 1.29 is 19.1 Å². The van der Waals surface area contributed by atoms with Gasteiger partial charge in [-0.05, 0) is 13.0 Å². The van der Waals surface area contributed by atoms with Crippen LogP contribution in [0.4, 0.5) is 0 Å². The van der Waals surface area contributed by atoms with Gasteiger partial charge in [0.1, 0.15) is 0 Å². The molecule has 0 N–H and O–H groups in total. The summed E-state index contributed by atoms with van der Waals surface area (Å²) in [7, 11) is 1.36. The van der Waals surface area contributed by atoms with Crippen LogP contribution in [-0.2, 0) is 19.1 Å². The third-order valence-electron chi connectivity index (χ3n) is 2.41. The number of rotatable bonds is 2. The Morgan fingerprint density at radius 1 is 1.57 bits per heavy atom. The number of ketones is 2. The summed E-state index contributed by atoms with van der Waals surface area (Å²) in [5.41, 5.74) is -1.02. The number of ether oxygens (including phenoxy) is 2. The molecule has 0 saturated carbocycles. The van der Waals surface area contributed by atoms with E-state index < -0.39 is 11.7 Å². The van der Waals surface area contributed by atoms with Crippen LogP contribution in [0.2, 0.25) is 0 Å². The predicted molar refractivity (Wildman–Crippen MR) is 47.5 cm³/mol. The van der Waals surface area contributed by atoms with E-state index in [9.17, 15) is 9.59 Å². The number of allylic oxidation sites excluding steroid dienone is 1. The van der Waals surface area contributed by atoms with Crippen molar-refractivity contribution in [1.82, 2.24) is 0 Å². The molecular formula is C10H10O4. The first kappa shape index (κ1) is 9.15. The summed E-state index contributed by atoms with van der Waals surface area (Å²) in [4.78, 5) is 23.1. The zero-order valence-electron chi connectivity index (χ0n) is 7.94. The van der Waals surface area contributed by atoms with Crippen molar-refractivity contribution in [3.05, 3.63) is 24.0 Å². The van der Waals surface area contributed by atoms with E-state index in [1.165, 1.54) is 13.2 Å². The number of epoxide rings is 1. The van der Waals surface area contributed by atoms with E-state index in [1.807, 2.05) is 0 Å². The van der Waals surface area contributed by atoms with Gasteiger partial charge in [-0.1, -0.05) is 6.08 Å². The molecule has 4 nitrogen and oxygen atoms in total. The third-order valence-corrected chi connectivity index (χ3v) is 2.41. The lowest BCUT2D eigenvalue weighted by Gasteiger charge is -2.10. The second kappa shape index (κ2) is 2.78. The Balaban J connectivity index is 2.37. The molecular weight excluding hydrogens is 184 g/mol. The van der Waals surface area contributed by atoms with Crippen LogP contribution in [0.1, 0.15) is 6.92 Å². The molecule has 1 aliphatic heterocycles.